The molecule has 0 radical (unpaired) electrons. The number of amides is 1. The number of ether oxygens (including phenoxy) is 1. The second-order valence-corrected chi connectivity index (χ2v) is 8.09. The summed E-state index contributed by atoms with van der Waals surface area (Å²) in [5, 5.41) is 0. The quantitative estimate of drug-likeness (QED) is 0.529. The van der Waals surface area contributed by atoms with E-state index < -0.39 is 0 Å². The second-order valence-electron chi connectivity index (χ2n) is 8.09. The van der Waals surface area contributed by atoms with Crippen LogP contribution in [-0.2, 0) is 13.0 Å². The van der Waals surface area contributed by atoms with Crippen molar-refractivity contribution in [1.82, 2.24) is 4.57 Å². The Morgan fingerprint density at radius 2 is 1.77 bits per heavy atom. The first-order valence-electron chi connectivity index (χ1n) is 10.8. The number of hydrogen-bond acceptors (Lipinski definition) is 3. The van der Waals surface area contributed by atoms with Crippen LogP contribution in [0, 0.1) is 6.92 Å². The number of nitrogens with zero attached hydrogens (tertiary/aromatic N) is 2. The van der Waals surface area contributed by atoms with Crippen molar-refractivity contribution in [3.05, 3.63) is 71.0 Å². The van der Waals surface area contributed by atoms with Crippen molar-refractivity contribution in [1.29, 1.82) is 0 Å². The Bertz CT molecular complexity index is 1050. The van der Waals surface area contributed by atoms with Crippen molar-refractivity contribution in [3.8, 4) is 16.9 Å². The number of anilines is 1. The zero-order valence-corrected chi connectivity index (χ0v) is 19.2. The summed E-state index contributed by atoms with van der Waals surface area (Å²) in [5.74, 6) is 0.454. The van der Waals surface area contributed by atoms with E-state index in [1.807, 2.05) is 39.2 Å². The monoisotopic (exact) mass is 419 g/mol. The fourth-order valence-corrected chi connectivity index (χ4v) is 4.16. The van der Waals surface area contributed by atoms with E-state index in [-0.39, 0.29) is 5.91 Å². The van der Waals surface area contributed by atoms with Crippen molar-refractivity contribution in [2.45, 2.75) is 39.7 Å². The summed E-state index contributed by atoms with van der Waals surface area (Å²) in [7, 11) is 5.72. The molecule has 0 unspecified atom stereocenters. The van der Waals surface area contributed by atoms with E-state index in [4.69, 9.17) is 10.5 Å². The predicted molar refractivity (Wildman–Crippen MR) is 128 cm³/mol. The SMILES string of the molecule is CCCCc1c(-c2ccc(N(C)C)cc2)c(C(N)=O)c(C)n1Cc1ccccc1OC. The summed E-state index contributed by atoms with van der Waals surface area (Å²) >= 11 is 0. The number of nitrogens with two attached hydrogens (primary N) is 1. The van der Waals surface area contributed by atoms with Gasteiger partial charge in [0.1, 0.15) is 5.75 Å². The lowest BCUT2D eigenvalue weighted by Gasteiger charge is -2.16. The molecule has 0 aliphatic carbocycles. The molecule has 2 N–H and O–H groups in total. The van der Waals surface area contributed by atoms with Gasteiger partial charge in [0.05, 0.1) is 19.2 Å². The summed E-state index contributed by atoms with van der Waals surface area (Å²) in [6, 6.07) is 16.3. The zero-order chi connectivity index (χ0) is 22.5. The molecule has 3 aromatic rings. The van der Waals surface area contributed by atoms with Crippen LogP contribution in [0.3, 0.4) is 0 Å². The summed E-state index contributed by atoms with van der Waals surface area (Å²) in [5.41, 5.74) is 12.7. The van der Waals surface area contributed by atoms with Crippen molar-refractivity contribution < 1.29 is 9.53 Å². The molecule has 31 heavy (non-hydrogen) atoms. The molecule has 0 fully saturated rings. The summed E-state index contributed by atoms with van der Waals surface area (Å²) in [4.78, 5) is 14.6. The molecule has 1 heterocycles. The van der Waals surface area contributed by atoms with Gasteiger partial charge in [-0.1, -0.05) is 43.7 Å². The van der Waals surface area contributed by atoms with E-state index in [1.165, 1.54) is 0 Å². The highest BCUT2D eigenvalue weighted by Crippen LogP contribution is 2.36. The molecule has 1 aromatic heterocycles. The van der Waals surface area contributed by atoms with Gasteiger partial charge in [-0.25, -0.2) is 0 Å². The van der Waals surface area contributed by atoms with Gasteiger partial charge in [0, 0.05) is 42.3 Å². The lowest BCUT2D eigenvalue weighted by Crippen LogP contribution is -2.14. The molecule has 0 atom stereocenters. The molecule has 0 aliphatic rings. The Kier molecular flexibility index (Phi) is 7.06. The second kappa shape index (κ2) is 9.73. The first-order valence-corrected chi connectivity index (χ1v) is 10.8. The molecule has 1 amide bonds. The molecule has 5 nitrogen and oxygen atoms in total. The molecular formula is C26H33N3O2. The fourth-order valence-electron chi connectivity index (χ4n) is 4.16. The van der Waals surface area contributed by atoms with Gasteiger partial charge in [-0.3, -0.25) is 4.79 Å². The van der Waals surface area contributed by atoms with Crippen molar-refractivity contribution >= 4 is 11.6 Å². The Balaban J connectivity index is 2.21. The molecular weight excluding hydrogens is 386 g/mol. The van der Waals surface area contributed by atoms with Gasteiger partial charge < -0.3 is 19.9 Å². The van der Waals surface area contributed by atoms with Gasteiger partial charge in [0.15, 0.2) is 0 Å². The molecule has 0 saturated heterocycles. The average molecular weight is 420 g/mol. The fraction of sp³-hybridized carbons (Fsp3) is 0.346. The topological polar surface area (TPSA) is 60.5 Å². The third-order valence-corrected chi connectivity index (χ3v) is 5.84. The molecule has 0 spiro atoms. The van der Waals surface area contributed by atoms with Crippen LogP contribution in [0.4, 0.5) is 5.69 Å². The van der Waals surface area contributed by atoms with E-state index in [1.54, 1.807) is 7.11 Å². The van der Waals surface area contributed by atoms with Gasteiger partial charge in [-0.2, -0.15) is 0 Å². The molecule has 0 saturated carbocycles. The number of unbranched alkanes of at least 4 members (excludes halogenated alkanes) is 1. The minimum absolute atomic E-state index is 0.388. The molecule has 2 aromatic carbocycles. The Labute approximate surface area is 185 Å². The predicted octanol–water partition coefficient (Wildman–Crippen LogP) is 5.03. The largest absolute Gasteiger partial charge is 0.496 e. The maximum atomic E-state index is 12.6. The number of primary amides is 1. The zero-order valence-electron chi connectivity index (χ0n) is 19.2. The number of carbonyl (C=O) groups excluding carboxylic acids is 1. The molecule has 164 valence electrons. The first-order chi connectivity index (χ1) is 14.9. The van der Waals surface area contributed by atoms with Gasteiger partial charge >= 0.3 is 0 Å². The summed E-state index contributed by atoms with van der Waals surface area (Å²) in [6.07, 6.45) is 2.99. The van der Waals surface area contributed by atoms with E-state index in [9.17, 15) is 4.79 Å². The Hall–Kier alpha value is -3.21. The minimum Gasteiger partial charge on any atom is -0.496 e. The highest BCUT2D eigenvalue weighted by atomic mass is 16.5. The number of methoxy groups -OCH3 is 1. The first kappa shape index (κ1) is 22.5. The van der Waals surface area contributed by atoms with Gasteiger partial charge in [-0.15, -0.1) is 0 Å². The van der Waals surface area contributed by atoms with Crippen molar-refractivity contribution in [2.24, 2.45) is 5.73 Å². The van der Waals surface area contributed by atoms with Crippen LogP contribution in [0.1, 0.15) is 47.1 Å². The maximum absolute atomic E-state index is 12.6. The lowest BCUT2D eigenvalue weighted by molar-refractivity contribution is 0.1000. The summed E-state index contributed by atoms with van der Waals surface area (Å²) in [6.45, 7) is 4.80. The number of carbonyl (C=O) groups is 1. The minimum atomic E-state index is -0.388. The van der Waals surface area contributed by atoms with Gasteiger partial charge in [-0.05, 0) is 43.5 Å². The van der Waals surface area contributed by atoms with Crippen LogP contribution in [0.15, 0.2) is 48.5 Å². The number of hydrogen-bond donors (Lipinski definition) is 1. The number of para-hydroxylation sites is 1. The van der Waals surface area contributed by atoms with Crippen LogP contribution in [0.2, 0.25) is 0 Å². The van der Waals surface area contributed by atoms with E-state index in [2.05, 4.69) is 46.7 Å². The number of benzene rings is 2. The van der Waals surface area contributed by atoms with Crippen LogP contribution in [0.25, 0.3) is 11.1 Å². The third kappa shape index (κ3) is 4.61. The maximum Gasteiger partial charge on any atom is 0.251 e. The van der Waals surface area contributed by atoms with E-state index in [0.717, 1.165) is 58.8 Å². The molecule has 0 bridgehead atoms. The summed E-state index contributed by atoms with van der Waals surface area (Å²) < 4.78 is 7.81. The van der Waals surface area contributed by atoms with Crippen LogP contribution >= 0.6 is 0 Å². The molecule has 5 heteroatoms. The average Bonchev–Trinajstić information content (AvgIpc) is 3.04. The van der Waals surface area contributed by atoms with Crippen LogP contribution < -0.4 is 15.4 Å². The molecule has 3 rings (SSSR count). The third-order valence-electron chi connectivity index (χ3n) is 5.84. The highest BCUT2D eigenvalue weighted by Gasteiger charge is 2.25. The highest BCUT2D eigenvalue weighted by molar-refractivity contribution is 6.02. The van der Waals surface area contributed by atoms with Gasteiger partial charge in [0.25, 0.3) is 5.91 Å². The standard InChI is InChI=1S/C26H33N3O2/c1-6-7-11-22-25(19-13-15-21(16-14-19)28(3)4)24(26(27)30)18(2)29(22)17-20-10-8-9-12-23(20)31-5/h8-10,12-16H,6-7,11,17H2,1-5H3,(H2,27,30). The van der Waals surface area contributed by atoms with Crippen molar-refractivity contribution in [3.63, 3.8) is 0 Å². The van der Waals surface area contributed by atoms with Crippen LogP contribution in [-0.4, -0.2) is 31.7 Å². The Morgan fingerprint density at radius 1 is 1.10 bits per heavy atom. The van der Waals surface area contributed by atoms with Crippen molar-refractivity contribution in [2.75, 3.05) is 26.1 Å². The van der Waals surface area contributed by atoms with Gasteiger partial charge in [0.2, 0.25) is 0 Å². The number of rotatable bonds is 9. The van der Waals surface area contributed by atoms with Crippen LogP contribution in [0.5, 0.6) is 5.75 Å². The van der Waals surface area contributed by atoms with E-state index >= 15 is 0 Å². The Morgan fingerprint density at radius 3 is 2.35 bits per heavy atom. The molecule has 0 aliphatic heterocycles. The lowest BCUT2D eigenvalue weighted by atomic mass is 9.97. The van der Waals surface area contributed by atoms with E-state index in [0.29, 0.717) is 12.1 Å². The smallest absolute Gasteiger partial charge is 0.251 e. The number of aromatic nitrogens is 1. The normalized spacial score (nSPS) is 10.9.